The van der Waals surface area contributed by atoms with Crippen molar-refractivity contribution in [3.8, 4) is 5.75 Å². The van der Waals surface area contributed by atoms with Gasteiger partial charge in [-0.2, -0.15) is 0 Å². The standard InChI is InChI=1S/C26H37O2P/c1-8-9-12-15-26(6,29-23-14-11-10-13-20(23)18-27)22-17-21(25(3,4)5)16-19(2)24(22)28-7/h10-11,13-14,16-18,29H,8-9,12,15H2,1-7H3. The summed E-state index contributed by atoms with van der Waals surface area (Å²) < 4.78 is 5.93. The van der Waals surface area contributed by atoms with E-state index in [1.54, 1.807) is 7.11 Å². The Morgan fingerprint density at radius 3 is 2.34 bits per heavy atom. The van der Waals surface area contributed by atoms with Crippen molar-refractivity contribution < 1.29 is 9.53 Å². The van der Waals surface area contributed by atoms with Gasteiger partial charge in [0.15, 0.2) is 6.29 Å². The highest BCUT2D eigenvalue weighted by atomic mass is 31.1. The van der Waals surface area contributed by atoms with Gasteiger partial charge in [0.05, 0.1) is 7.11 Å². The maximum Gasteiger partial charge on any atom is 0.150 e. The normalized spacial score (nSPS) is 14.2. The summed E-state index contributed by atoms with van der Waals surface area (Å²) in [7, 11) is 2.28. The highest BCUT2D eigenvalue weighted by Gasteiger charge is 2.33. The summed E-state index contributed by atoms with van der Waals surface area (Å²) in [6.45, 7) is 13.5. The average Bonchev–Trinajstić information content (AvgIpc) is 2.67. The number of ether oxygens (including phenoxy) is 1. The number of benzene rings is 2. The molecule has 0 aromatic heterocycles. The van der Waals surface area contributed by atoms with E-state index in [2.05, 4.69) is 59.7 Å². The van der Waals surface area contributed by atoms with E-state index in [-0.39, 0.29) is 10.6 Å². The maximum absolute atomic E-state index is 11.7. The monoisotopic (exact) mass is 412 g/mol. The van der Waals surface area contributed by atoms with Gasteiger partial charge < -0.3 is 4.74 Å². The number of aldehydes is 1. The third kappa shape index (κ3) is 5.70. The average molecular weight is 413 g/mol. The summed E-state index contributed by atoms with van der Waals surface area (Å²) in [5.74, 6) is 0.994. The van der Waals surface area contributed by atoms with Crippen LogP contribution in [0.1, 0.15) is 87.4 Å². The topological polar surface area (TPSA) is 26.3 Å². The lowest BCUT2D eigenvalue weighted by Crippen LogP contribution is -2.23. The molecular formula is C26H37O2P. The molecule has 0 spiro atoms. The van der Waals surface area contributed by atoms with Crippen LogP contribution in [0.3, 0.4) is 0 Å². The van der Waals surface area contributed by atoms with E-state index in [4.69, 9.17) is 4.74 Å². The van der Waals surface area contributed by atoms with Crippen LogP contribution < -0.4 is 10.0 Å². The Balaban J connectivity index is 2.64. The number of carbonyl (C=O) groups excluding carboxylic acids is 1. The summed E-state index contributed by atoms with van der Waals surface area (Å²) in [5.41, 5.74) is 4.67. The Morgan fingerprint density at radius 1 is 1.07 bits per heavy atom. The minimum absolute atomic E-state index is 0.0694. The number of hydrogen-bond acceptors (Lipinski definition) is 2. The van der Waals surface area contributed by atoms with E-state index in [1.807, 2.05) is 18.2 Å². The van der Waals surface area contributed by atoms with E-state index in [9.17, 15) is 4.79 Å². The molecule has 2 unspecified atom stereocenters. The van der Waals surface area contributed by atoms with Crippen molar-refractivity contribution in [2.45, 2.75) is 77.8 Å². The van der Waals surface area contributed by atoms with Crippen LogP contribution in [0.15, 0.2) is 36.4 Å². The lowest BCUT2D eigenvalue weighted by molar-refractivity contribution is 0.112. The number of carbonyl (C=O) groups is 1. The van der Waals surface area contributed by atoms with Crippen LogP contribution in [0.5, 0.6) is 5.75 Å². The molecular weight excluding hydrogens is 375 g/mol. The van der Waals surface area contributed by atoms with Gasteiger partial charge in [-0.05, 0) is 35.2 Å². The molecule has 0 N–H and O–H groups in total. The first-order chi connectivity index (χ1) is 13.7. The second kappa shape index (κ2) is 9.90. The Bertz CT molecular complexity index is 835. The predicted molar refractivity (Wildman–Crippen MR) is 128 cm³/mol. The quantitative estimate of drug-likeness (QED) is 0.254. The molecule has 2 nitrogen and oxygen atoms in total. The van der Waals surface area contributed by atoms with Gasteiger partial charge in [-0.25, -0.2) is 0 Å². The fraction of sp³-hybridized carbons (Fsp3) is 0.500. The van der Waals surface area contributed by atoms with Gasteiger partial charge in [0.1, 0.15) is 5.75 Å². The molecule has 0 aliphatic rings. The largest absolute Gasteiger partial charge is 0.496 e. The van der Waals surface area contributed by atoms with Gasteiger partial charge in [-0.3, -0.25) is 4.79 Å². The minimum Gasteiger partial charge on any atom is -0.496 e. The Labute approximate surface area is 179 Å². The van der Waals surface area contributed by atoms with E-state index in [0.29, 0.717) is 8.58 Å². The number of aryl methyl sites for hydroxylation is 1. The lowest BCUT2D eigenvalue weighted by Gasteiger charge is -2.35. The zero-order chi connectivity index (χ0) is 21.7. The SMILES string of the molecule is CCCCCC(C)(Pc1ccccc1C=O)c1cc(C(C)(C)C)cc(C)c1OC. The maximum atomic E-state index is 11.7. The minimum atomic E-state index is -0.0777. The smallest absolute Gasteiger partial charge is 0.150 e. The summed E-state index contributed by atoms with van der Waals surface area (Å²) in [6, 6.07) is 12.6. The molecule has 2 aromatic rings. The number of hydrogen-bond donors (Lipinski definition) is 0. The van der Waals surface area contributed by atoms with Gasteiger partial charge in [0.25, 0.3) is 0 Å². The third-order valence-electron chi connectivity index (χ3n) is 5.72. The zero-order valence-corrected chi connectivity index (χ0v) is 20.2. The summed E-state index contributed by atoms with van der Waals surface area (Å²) >= 11 is 0. The van der Waals surface area contributed by atoms with Crippen molar-refractivity contribution in [2.24, 2.45) is 0 Å². The molecule has 29 heavy (non-hydrogen) atoms. The summed E-state index contributed by atoms with van der Waals surface area (Å²) in [6.07, 6.45) is 5.65. The second-order valence-corrected chi connectivity index (χ2v) is 11.1. The Morgan fingerprint density at radius 2 is 1.76 bits per heavy atom. The van der Waals surface area contributed by atoms with Crippen molar-refractivity contribution >= 4 is 20.2 Å². The first-order valence-electron chi connectivity index (χ1n) is 10.7. The van der Waals surface area contributed by atoms with Crippen LogP contribution in [-0.2, 0) is 10.6 Å². The number of methoxy groups -OCH3 is 1. The van der Waals surface area contributed by atoms with Crippen LogP contribution in [0.4, 0.5) is 0 Å². The number of unbranched alkanes of at least 4 members (excludes halogenated alkanes) is 2. The van der Waals surface area contributed by atoms with Gasteiger partial charge in [0, 0.05) is 16.3 Å². The molecule has 0 heterocycles. The Kier molecular flexibility index (Phi) is 8.06. The zero-order valence-electron chi connectivity index (χ0n) is 19.2. The molecule has 0 fully saturated rings. The van der Waals surface area contributed by atoms with Crippen molar-refractivity contribution in [1.82, 2.24) is 0 Å². The van der Waals surface area contributed by atoms with Crippen molar-refractivity contribution in [3.63, 3.8) is 0 Å². The van der Waals surface area contributed by atoms with Gasteiger partial charge in [-0.15, -0.1) is 0 Å². The molecule has 2 aromatic carbocycles. The van der Waals surface area contributed by atoms with Crippen LogP contribution >= 0.6 is 8.58 Å². The fourth-order valence-electron chi connectivity index (χ4n) is 3.89. The van der Waals surface area contributed by atoms with Crippen LogP contribution in [-0.4, -0.2) is 13.4 Å². The first kappa shape index (κ1) is 23.6. The van der Waals surface area contributed by atoms with Crippen LogP contribution in [0.25, 0.3) is 0 Å². The molecule has 0 saturated heterocycles. The first-order valence-corrected chi connectivity index (χ1v) is 11.7. The van der Waals surface area contributed by atoms with E-state index in [1.165, 1.54) is 36.0 Å². The lowest BCUT2D eigenvalue weighted by atomic mass is 9.82. The molecule has 2 rings (SSSR count). The summed E-state index contributed by atoms with van der Waals surface area (Å²) in [5, 5.41) is 1.06. The molecule has 3 heteroatoms. The highest BCUT2D eigenvalue weighted by Crippen LogP contribution is 2.50. The van der Waals surface area contributed by atoms with Crippen molar-refractivity contribution in [2.75, 3.05) is 7.11 Å². The van der Waals surface area contributed by atoms with Gasteiger partial charge in [0.2, 0.25) is 0 Å². The molecule has 0 aliphatic carbocycles. The molecule has 0 radical (unpaired) electrons. The van der Waals surface area contributed by atoms with Crippen molar-refractivity contribution in [3.05, 3.63) is 58.7 Å². The molecule has 158 valence electrons. The Hall–Kier alpha value is -1.66. The van der Waals surface area contributed by atoms with Gasteiger partial charge >= 0.3 is 0 Å². The van der Waals surface area contributed by atoms with Gasteiger partial charge in [-0.1, -0.05) is 98.9 Å². The fourth-order valence-corrected chi connectivity index (χ4v) is 5.57. The van der Waals surface area contributed by atoms with Crippen molar-refractivity contribution in [1.29, 1.82) is 0 Å². The number of rotatable bonds is 9. The molecule has 0 aliphatic heterocycles. The highest BCUT2D eigenvalue weighted by molar-refractivity contribution is 7.48. The van der Waals surface area contributed by atoms with E-state index >= 15 is 0 Å². The van der Waals surface area contributed by atoms with E-state index < -0.39 is 0 Å². The molecule has 0 saturated carbocycles. The van der Waals surface area contributed by atoms with E-state index in [0.717, 1.165) is 29.3 Å². The predicted octanol–water partition coefficient (Wildman–Crippen LogP) is 6.91. The second-order valence-electron chi connectivity index (χ2n) is 9.24. The van der Waals surface area contributed by atoms with Crippen LogP contribution in [0.2, 0.25) is 0 Å². The molecule has 0 amide bonds. The molecule has 0 bridgehead atoms. The summed E-state index contributed by atoms with van der Waals surface area (Å²) in [4.78, 5) is 11.7. The van der Waals surface area contributed by atoms with Crippen LogP contribution in [0, 0.1) is 6.92 Å². The molecule has 2 atom stereocenters. The third-order valence-corrected chi connectivity index (χ3v) is 7.51.